The number of halogens is 1. The second-order valence-corrected chi connectivity index (χ2v) is 5.58. The molecule has 0 saturated heterocycles. The summed E-state index contributed by atoms with van der Waals surface area (Å²) in [5.74, 6) is 0. The number of hydrogen-bond acceptors (Lipinski definition) is 2. The van der Waals surface area contributed by atoms with E-state index in [2.05, 4.69) is 52.9 Å². The highest BCUT2D eigenvalue weighted by Crippen LogP contribution is 2.27. The van der Waals surface area contributed by atoms with Gasteiger partial charge in [-0.25, -0.2) is 0 Å². The van der Waals surface area contributed by atoms with Crippen LogP contribution in [0.15, 0.2) is 58.3 Å². The first kappa shape index (κ1) is 11.5. The Balaban J connectivity index is 2.15. The van der Waals surface area contributed by atoms with Gasteiger partial charge in [-0.1, -0.05) is 11.8 Å². The van der Waals surface area contributed by atoms with Gasteiger partial charge in [0.1, 0.15) is 0 Å². The lowest BCUT2D eigenvalue weighted by molar-refractivity contribution is 1.38. The molecule has 0 aromatic heterocycles. The molecule has 0 aliphatic carbocycles. The summed E-state index contributed by atoms with van der Waals surface area (Å²) in [6.07, 6.45) is 0. The molecule has 0 heterocycles. The van der Waals surface area contributed by atoms with Crippen LogP contribution in [0.5, 0.6) is 0 Å². The van der Waals surface area contributed by atoms with E-state index < -0.39 is 0 Å². The smallest absolute Gasteiger partial charge is 0.0991 e. The fourth-order valence-electron chi connectivity index (χ4n) is 1.24. The highest BCUT2D eigenvalue weighted by Gasteiger charge is 1.97. The van der Waals surface area contributed by atoms with Gasteiger partial charge in [0.15, 0.2) is 0 Å². The molecule has 2 rings (SSSR count). The van der Waals surface area contributed by atoms with Gasteiger partial charge in [0, 0.05) is 13.4 Å². The first-order valence-electron chi connectivity index (χ1n) is 4.71. The van der Waals surface area contributed by atoms with Gasteiger partial charge in [-0.15, -0.1) is 0 Å². The van der Waals surface area contributed by atoms with Crippen molar-refractivity contribution in [1.29, 1.82) is 5.26 Å². The minimum atomic E-state index is 0.701. The summed E-state index contributed by atoms with van der Waals surface area (Å²) in [6, 6.07) is 18.1. The molecule has 2 aromatic carbocycles. The summed E-state index contributed by atoms with van der Waals surface area (Å²) in [7, 11) is 0. The average molecular weight is 337 g/mol. The van der Waals surface area contributed by atoms with E-state index in [0.717, 1.165) is 4.90 Å². The van der Waals surface area contributed by atoms with Crippen LogP contribution in [-0.4, -0.2) is 0 Å². The van der Waals surface area contributed by atoms with Crippen LogP contribution in [0.2, 0.25) is 0 Å². The Morgan fingerprint density at radius 1 is 0.875 bits per heavy atom. The summed E-state index contributed by atoms with van der Waals surface area (Å²) in [5.41, 5.74) is 0.701. The largest absolute Gasteiger partial charge is 0.192 e. The first-order chi connectivity index (χ1) is 7.78. The quantitative estimate of drug-likeness (QED) is 0.763. The zero-order valence-electron chi connectivity index (χ0n) is 8.35. The molecule has 0 aliphatic rings. The highest BCUT2D eigenvalue weighted by molar-refractivity contribution is 14.1. The van der Waals surface area contributed by atoms with Crippen molar-refractivity contribution in [3.8, 4) is 6.07 Å². The Morgan fingerprint density at radius 2 is 1.38 bits per heavy atom. The Morgan fingerprint density at radius 3 is 1.88 bits per heavy atom. The molecule has 0 atom stereocenters. The molecule has 0 fully saturated rings. The third kappa shape index (κ3) is 3.00. The molecular formula is C13H8INS. The highest BCUT2D eigenvalue weighted by atomic mass is 127. The summed E-state index contributed by atoms with van der Waals surface area (Å²) >= 11 is 3.99. The molecule has 1 nitrogen and oxygen atoms in total. The average Bonchev–Trinajstić information content (AvgIpc) is 2.33. The number of hydrogen-bond donors (Lipinski definition) is 0. The van der Waals surface area contributed by atoms with Crippen LogP contribution in [0.3, 0.4) is 0 Å². The second kappa shape index (κ2) is 5.37. The fraction of sp³-hybridized carbons (Fsp3) is 0. The summed E-state index contributed by atoms with van der Waals surface area (Å²) in [5, 5.41) is 8.69. The van der Waals surface area contributed by atoms with E-state index >= 15 is 0 Å². The minimum Gasteiger partial charge on any atom is -0.192 e. The Hall–Kier alpha value is -0.990. The van der Waals surface area contributed by atoms with Gasteiger partial charge in [-0.3, -0.25) is 0 Å². The predicted molar refractivity (Wildman–Crippen MR) is 74.4 cm³/mol. The van der Waals surface area contributed by atoms with Crippen molar-refractivity contribution in [2.45, 2.75) is 9.79 Å². The maximum Gasteiger partial charge on any atom is 0.0991 e. The lowest BCUT2D eigenvalue weighted by atomic mass is 10.2. The van der Waals surface area contributed by atoms with Gasteiger partial charge >= 0.3 is 0 Å². The van der Waals surface area contributed by atoms with Gasteiger partial charge < -0.3 is 0 Å². The van der Waals surface area contributed by atoms with E-state index in [0.29, 0.717) is 5.56 Å². The third-order valence-corrected chi connectivity index (χ3v) is 3.77. The van der Waals surface area contributed by atoms with Crippen LogP contribution in [0.25, 0.3) is 0 Å². The predicted octanol–water partition coefficient (Wildman–Crippen LogP) is 4.31. The molecule has 0 spiro atoms. The van der Waals surface area contributed by atoms with Crippen molar-refractivity contribution in [1.82, 2.24) is 0 Å². The lowest BCUT2D eigenvalue weighted by Gasteiger charge is -2.01. The van der Waals surface area contributed by atoms with E-state index in [9.17, 15) is 0 Å². The molecule has 0 N–H and O–H groups in total. The monoisotopic (exact) mass is 337 g/mol. The number of nitrogens with zero attached hydrogens (tertiary/aromatic N) is 1. The van der Waals surface area contributed by atoms with Crippen LogP contribution in [0.4, 0.5) is 0 Å². The van der Waals surface area contributed by atoms with Gasteiger partial charge in [-0.2, -0.15) is 5.26 Å². The van der Waals surface area contributed by atoms with E-state index in [1.54, 1.807) is 11.8 Å². The van der Waals surface area contributed by atoms with Crippen molar-refractivity contribution in [3.63, 3.8) is 0 Å². The minimum absolute atomic E-state index is 0.701. The standard InChI is InChI=1S/C13H8INS/c14-11-3-7-13(8-4-11)16-12-5-1-10(9-15)2-6-12/h1-8H. The molecule has 2 aromatic rings. The van der Waals surface area contributed by atoms with Crippen molar-refractivity contribution in [2.75, 3.05) is 0 Å². The molecule has 0 amide bonds. The van der Waals surface area contributed by atoms with Gasteiger partial charge in [0.05, 0.1) is 11.6 Å². The van der Waals surface area contributed by atoms with Crippen LogP contribution in [-0.2, 0) is 0 Å². The summed E-state index contributed by atoms with van der Waals surface area (Å²) < 4.78 is 1.24. The van der Waals surface area contributed by atoms with E-state index in [1.165, 1.54) is 8.47 Å². The fourth-order valence-corrected chi connectivity index (χ4v) is 2.41. The number of nitriles is 1. The Bertz CT molecular complexity index is 511. The Labute approximate surface area is 113 Å². The van der Waals surface area contributed by atoms with Crippen LogP contribution in [0.1, 0.15) is 5.56 Å². The van der Waals surface area contributed by atoms with E-state index in [4.69, 9.17) is 5.26 Å². The van der Waals surface area contributed by atoms with Crippen molar-refractivity contribution >= 4 is 34.4 Å². The van der Waals surface area contributed by atoms with Crippen molar-refractivity contribution in [3.05, 3.63) is 57.7 Å². The van der Waals surface area contributed by atoms with Crippen LogP contribution < -0.4 is 0 Å². The zero-order valence-corrected chi connectivity index (χ0v) is 11.3. The van der Waals surface area contributed by atoms with Crippen molar-refractivity contribution in [2.24, 2.45) is 0 Å². The molecule has 0 saturated carbocycles. The molecule has 0 radical (unpaired) electrons. The molecule has 3 heteroatoms. The molecule has 0 aliphatic heterocycles. The maximum absolute atomic E-state index is 8.69. The van der Waals surface area contributed by atoms with E-state index in [1.807, 2.05) is 24.3 Å². The summed E-state index contributed by atoms with van der Waals surface area (Å²) in [4.78, 5) is 2.37. The first-order valence-corrected chi connectivity index (χ1v) is 6.61. The maximum atomic E-state index is 8.69. The molecule has 78 valence electrons. The summed E-state index contributed by atoms with van der Waals surface area (Å²) in [6.45, 7) is 0. The molecule has 0 bridgehead atoms. The molecular weight excluding hydrogens is 329 g/mol. The lowest BCUT2D eigenvalue weighted by Crippen LogP contribution is -1.76. The van der Waals surface area contributed by atoms with Gasteiger partial charge in [0.25, 0.3) is 0 Å². The van der Waals surface area contributed by atoms with Gasteiger partial charge in [0.2, 0.25) is 0 Å². The van der Waals surface area contributed by atoms with E-state index in [-0.39, 0.29) is 0 Å². The molecule has 0 unspecified atom stereocenters. The zero-order chi connectivity index (χ0) is 11.4. The number of benzene rings is 2. The SMILES string of the molecule is N#Cc1ccc(Sc2ccc(I)cc2)cc1. The normalized spacial score (nSPS) is 9.75. The molecule has 16 heavy (non-hydrogen) atoms. The van der Waals surface area contributed by atoms with Crippen LogP contribution >= 0.6 is 34.4 Å². The number of rotatable bonds is 2. The Kier molecular flexibility index (Phi) is 3.86. The third-order valence-electron chi connectivity index (χ3n) is 2.03. The van der Waals surface area contributed by atoms with Gasteiger partial charge in [-0.05, 0) is 71.1 Å². The van der Waals surface area contributed by atoms with Crippen molar-refractivity contribution < 1.29 is 0 Å². The topological polar surface area (TPSA) is 23.8 Å². The van der Waals surface area contributed by atoms with Crippen LogP contribution in [0, 0.1) is 14.9 Å². The second-order valence-electron chi connectivity index (χ2n) is 3.19.